The molecule has 1 N–H and O–H groups in total. The Morgan fingerprint density at radius 2 is 2.18 bits per heavy atom. The minimum atomic E-state index is -2.51. The predicted octanol–water partition coefficient (Wildman–Crippen LogP) is 2.91. The Morgan fingerprint density at radius 3 is 2.86 bits per heavy atom. The number of hydrogen-bond donors (Lipinski definition) is 1. The van der Waals surface area contributed by atoms with Crippen LogP contribution in [0.4, 0.5) is 14.5 Å². The number of rotatable bonds is 5. The van der Waals surface area contributed by atoms with Gasteiger partial charge in [0.05, 0.1) is 11.4 Å². The molecule has 0 saturated carbocycles. The maximum Gasteiger partial charge on any atom is 0.272 e. The number of pyridine rings is 1. The normalized spacial score (nSPS) is 16.4. The summed E-state index contributed by atoms with van der Waals surface area (Å²) in [7, 11) is 1.77. The van der Waals surface area contributed by atoms with E-state index in [0.29, 0.717) is 17.3 Å². The third-order valence-corrected chi connectivity index (χ3v) is 3.83. The molecule has 3 rings (SSSR count). The average Bonchev–Trinajstić information content (AvgIpc) is 2.97. The van der Waals surface area contributed by atoms with Gasteiger partial charge in [0.15, 0.2) is 11.4 Å². The van der Waals surface area contributed by atoms with E-state index in [1.54, 1.807) is 13.1 Å². The zero-order valence-corrected chi connectivity index (χ0v) is 12.4. The van der Waals surface area contributed by atoms with Crippen molar-refractivity contribution in [1.82, 2.24) is 9.38 Å². The second kappa shape index (κ2) is 6.48. The van der Waals surface area contributed by atoms with Crippen molar-refractivity contribution in [1.29, 1.82) is 0 Å². The van der Waals surface area contributed by atoms with Crippen LogP contribution in [0.15, 0.2) is 18.5 Å². The van der Waals surface area contributed by atoms with Crippen molar-refractivity contribution >= 4 is 11.3 Å². The quantitative estimate of drug-likeness (QED) is 0.922. The molecule has 0 atom stereocenters. The van der Waals surface area contributed by atoms with E-state index in [0.717, 1.165) is 37.4 Å². The van der Waals surface area contributed by atoms with Crippen LogP contribution in [0.25, 0.3) is 5.65 Å². The Morgan fingerprint density at radius 1 is 1.41 bits per heavy atom. The van der Waals surface area contributed by atoms with Crippen molar-refractivity contribution < 1.29 is 18.3 Å². The van der Waals surface area contributed by atoms with Gasteiger partial charge in [-0.25, -0.2) is 13.8 Å². The maximum absolute atomic E-state index is 12.4. The van der Waals surface area contributed by atoms with Crippen molar-refractivity contribution in [3.05, 3.63) is 24.2 Å². The van der Waals surface area contributed by atoms with E-state index in [4.69, 9.17) is 9.47 Å². The Balaban J connectivity index is 1.95. The largest absolute Gasteiger partial charge is 0.484 e. The van der Waals surface area contributed by atoms with Crippen molar-refractivity contribution in [2.45, 2.75) is 25.2 Å². The van der Waals surface area contributed by atoms with Crippen LogP contribution in [0.1, 0.15) is 24.5 Å². The topological polar surface area (TPSA) is 47.8 Å². The molecule has 0 unspecified atom stereocenters. The standard InChI is InChI=1S/C15H19F2N3O2/c1-18-11-6-13(22-9-14(16)17)15-19-12(8-20(15)7-11)10-2-4-21-5-3-10/h6-8,10,14,18H,2-5,9H2,1H3. The highest BCUT2D eigenvalue weighted by Gasteiger charge is 2.20. The van der Waals surface area contributed by atoms with Crippen LogP contribution in [0, 0.1) is 0 Å². The lowest BCUT2D eigenvalue weighted by Crippen LogP contribution is -2.14. The minimum absolute atomic E-state index is 0.342. The third kappa shape index (κ3) is 3.14. The van der Waals surface area contributed by atoms with Crippen molar-refractivity contribution in [3.63, 3.8) is 0 Å². The molecule has 7 heteroatoms. The molecule has 120 valence electrons. The summed E-state index contributed by atoms with van der Waals surface area (Å²) >= 11 is 0. The van der Waals surface area contributed by atoms with E-state index >= 15 is 0 Å². The third-order valence-electron chi connectivity index (χ3n) is 3.83. The molecule has 0 bridgehead atoms. The summed E-state index contributed by atoms with van der Waals surface area (Å²) in [5.74, 6) is 0.708. The summed E-state index contributed by atoms with van der Waals surface area (Å²) in [6.07, 6.45) is 3.16. The molecule has 2 aromatic rings. The Kier molecular flexibility index (Phi) is 4.42. The van der Waals surface area contributed by atoms with Gasteiger partial charge in [-0.1, -0.05) is 0 Å². The Labute approximate surface area is 127 Å². The van der Waals surface area contributed by atoms with Crippen LogP contribution in [-0.4, -0.2) is 42.7 Å². The molecule has 3 heterocycles. The summed E-state index contributed by atoms with van der Waals surface area (Å²) in [5, 5.41) is 3.00. The van der Waals surface area contributed by atoms with Gasteiger partial charge in [0.25, 0.3) is 6.43 Å². The molecule has 0 spiro atoms. The monoisotopic (exact) mass is 311 g/mol. The zero-order chi connectivity index (χ0) is 15.5. The van der Waals surface area contributed by atoms with Crippen molar-refractivity contribution in [3.8, 4) is 5.75 Å². The van der Waals surface area contributed by atoms with E-state index in [9.17, 15) is 8.78 Å². The summed E-state index contributed by atoms with van der Waals surface area (Å²) in [6, 6.07) is 1.69. The number of ether oxygens (including phenoxy) is 2. The first-order valence-corrected chi connectivity index (χ1v) is 7.36. The van der Waals surface area contributed by atoms with Crippen LogP contribution in [-0.2, 0) is 4.74 Å². The number of anilines is 1. The maximum atomic E-state index is 12.4. The number of imidazole rings is 1. The fourth-order valence-corrected chi connectivity index (χ4v) is 2.67. The number of halogens is 2. The Bertz CT molecular complexity index is 639. The first-order chi connectivity index (χ1) is 10.7. The fraction of sp³-hybridized carbons (Fsp3) is 0.533. The highest BCUT2D eigenvalue weighted by atomic mass is 19.3. The lowest BCUT2D eigenvalue weighted by molar-refractivity contribution is 0.0822. The van der Waals surface area contributed by atoms with Gasteiger partial charge in [-0.05, 0) is 12.8 Å². The number of fused-ring (bicyclic) bond motifs is 1. The van der Waals surface area contributed by atoms with Crippen LogP contribution >= 0.6 is 0 Å². The molecular formula is C15H19F2N3O2. The van der Waals surface area contributed by atoms with Gasteiger partial charge < -0.3 is 19.2 Å². The number of nitrogens with one attached hydrogen (secondary N) is 1. The molecule has 0 aliphatic carbocycles. The molecule has 5 nitrogen and oxygen atoms in total. The van der Waals surface area contributed by atoms with E-state index in [1.807, 2.05) is 16.8 Å². The van der Waals surface area contributed by atoms with Crippen LogP contribution in [0.3, 0.4) is 0 Å². The molecule has 0 radical (unpaired) electrons. The molecular weight excluding hydrogens is 292 g/mol. The number of aromatic nitrogens is 2. The van der Waals surface area contributed by atoms with Gasteiger partial charge in [-0.15, -0.1) is 0 Å². The van der Waals surface area contributed by atoms with Gasteiger partial charge in [0.2, 0.25) is 0 Å². The van der Waals surface area contributed by atoms with Crippen LogP contribution < -0.4 is 10.1 Å². The van der Waals surface area contributed by atoms with Gasteiger partial charge in [0, 0.05) is 44.6 Å². The van der Waals surface area contributed by atoms with Gasteiger partial charge in [-0.2, -0.15) is 0 Å². The minimum Gasteiger partial charge on any atom is -0.484 e. The van der Waals surface area contributed by atoms with Crippen LogP contribution in [0.5, 0.6) is 5.75 Å². The molecule has 0 amide bonds. The number of alkyl halides is 2. The second-order valence-corrected chi connectivity index (χ2v) is 5.33. The summed E-state index contributed by atoms with van der Waals surface area (Å²) in [6.45, 7) is 0.826. The first kappa shape index (κ1) is 15.0. The molecule has 2 aromatic heterocycles. The molecule has 22 heavy (non-hydrogen) atoms. The lowest BCUT2D eigenvalue weighted by Gasteiger charge is -2.19. The highest BCUT2D eigenvalue weighted by Crippen LogP contribution is 2.30. The molecule has 1 fully saturated rings. The molecule has 1 saturated heterocycles. The van der Waals surface area contributed by atoms with Crippen molar-refractivity contribution in [2.75, 3.05) is 32.2 Å². The molecule has 1 aliphatic heterocycles. The smallest absolute Gasteiger partial charge is 0.272 e. The van der Waals surface area contributed by atoms with Gasteiger partial charge >= 0.3 is 0 Å². The highest BCUT2D eigenvalue weighted by molar-refractivity contribution is 5.62. The van der Waals surface area contributed by atoms with E-state index in [2.05, 4.69) is 10.3 Å². The molecule has 1 aliphatic rings. The molecule has 0 aromatic carbocycles. The predicted molar refractivity (Wildman–Crippen MR) is 79.0 cm³/mol. The van der Waals surface area contributed by atoms with Gasteiger partial charge in [-0.3, -0.25) is 0 Å². The zero-order valence-electron chi connectivity index (χ0n) is 12.4. The SMILES string of the molecule is CNc1cc(OCC(F)F)c2nc(C3CCOCC3)cn2c1. The summed E-state index contributed by atoms with van der Waals surface area (Å²) < 4.78 is 37.3. The second-order valence-electron chi connectivity index (χ2n) is 5.33. The van der Waals surface area contributed by atoms with E-state index in [1.165, 1.54) is 0 Å². The van der Waals surface area contributed by atoms with E-state index in [-0.39, 0.29) is 0 Å². The number of nitrogens with zero attached hydrogens (tertiary/aromatic N) is 2. The lowest BCUT2D eigenvalue weighted by atomic mass is 9.97. The van der Waals surface area contributed by atoms with Crippen LogP contribution in [0.2, 0.25) is 0 Å². The fourth-order valence-electron chi connectivity index (χ4n) is 2.67. The summed E-state index contributed by atoms with van der Waals surface area (Å²) in [4.78, 5) is 4.60. The number of hydrogen-bond acceptors (Lipinski definition) is 4. The van der Waals surface area contributed by atoms with Crippen molar-refractivity contribution in [2.24, 2.45) is 0 Å². The summed E-state index contributed by atoms with van der Waals surface area (Å²) in [5.41, 5.74) is 2.31. The Hall–Kier alpha value is -1.89. The van der Waals surface area contributed by atoms with Gasteiger partial charge in [0.1, 0.15) is 6.61 Å². The first-order valence-electron chi connectivity index (χ1n) is 7.36. The van der Waals surface area contributed by atoms with E-state index < -0.39 is 13.0 Å². The average molecular weight is 311 g/mol.